The van der Waals surface area contributed by atoms with Crippen molar-refractivity contribution in [2.45, 2.75) is 13.5 Å². The van der Waals surface area contributed by atoms with E-state index in [-0.39, 0.29) is 0 Å². The molecule has 0 bridgehead atoms. The van der Waals surface area contributed by atoms with Crippen LogP contribution in [-0.4, -0.2) is 12.2 Å². The monoisotopic (exact) mass is 317 g/mol. The first-order valence-electron chi connectivity index (χ1n) is 6.61. The maximum absolute atomic E-state index is 10.6. The van der Waals surface area contributed by atoms with Gasteiger partial charge in [-0.2, -0.15) is 5.10 Å². The normalized spacial score (nSPS) is 10.6. The number of rotatable bonds is 5. The standard InChI is InChI=1S/C16H16ClN3O2/c1-11-2-4-12(5-3-11)10-22-15-7-6-14(17)8-13(15)9-19-20-16(18)21/h2-9H,10H2,1H3,(H3,18,20,21). The van der Waals surface area contributed by atoms with Gasteiger partial charge >= 0.3 is 6.03 Å². The van der Waals surface area contributed by atoms with E-state index in [0.717, 1.165) is 5.56 Å². The van der Waals surface area contributed by atoms with E-state index in [0.29, 0.717) is 22.9 Å². The maximum Gasteiger partial charge on any atom is 0.332 e. The summed E-state index contributed by atoms with van der Waals surface area (Å²) in [5.74, 6) is 0.611. The third-order valence-electron chi connectivity index (χ3n) is 2.87. The zero-order valence-corrected chi connectivity index (χ0v) is 12.8. The molecule has 6 heteroatoms. The minimum Gasteiger partial charge on any atom is -0.488 e. The Balaban J connectivity index is 2.10. The number of nitrogens with zero attached hydrogens (tertiary/aromatic N) is 1. The highest BCUT2D eigenvalue weighted by Crippen LogP contribution is 2.22. The molecule has 0 saturated heterocycles. The van der Waals surface area contributed by atoms with Crippen molar-refractivity contribution in [2.75, 3.05) is 0 Å². The predicted molar refractivity (Wildman–Crippen MR) is 87.3 cm³/mol. The number of hydrogen-bond donors (Lipinski definition) is 2. The van der Waals surface area contributed by atoms with Crippen LogP contribution in [0.25, 0.3) is 0 Å². The number of hydrogen-bond acceptors (Lipinski definition) is 3. The Kier molecular flexibility index (Phi) is 5.38. The van der Waals surface area contributed by atoms with Gasteiger partial charge in [-0.3, -0.25) is 0 Å². The Morgan fingerprint density at radius 3 is 2.73 bits per heavy atom. The number of hydrazone groups is 1. The molecule has 0 unspecified atom stereocenters. The molecule has 0 fully saturated rings. The first kappa shape index (κ1) is 15.9. The lowest BCUT2D eigenvalue weighted by atomic mass is 10.1. The van der Waals surface area contributed by atoms with Gasteiger partial charge in [-0.05, 0) is 30.7 Å². The molecule has 114 valence electrons. The van der Waals surface area contributed by atoms with Crippen molar-refractivity contribution < 1.29 is 9.53 Å². The average molecular weight is 318 g/mol. The fraction of sp³-hybridized carbons (Fsp3) is 0.125. The molecule has 22 heavy (non-hydrogen) atoms. The summed E-state index contributed by atoms with van der Waals surface area (Å²) in [4.78, 5) is 10.6. The second-order valence-corrected chi connectivity index (χ2v) is 5.13. The van der Waals surface area contributed by atoms with Gasteiger partial charge in [0.05, 0.1) is 6.21 Å². The molecule has 2 aromatic rings. The van der Waals surface area contributed by atoms with Gasteiger partial charge < -0.3 is 10.5 Å². The van der Waals surface area contributed by atoms with Gasteiger partial charge in [0.15, 0.2) is 0 Å². The van der Waals surface area contributed by atoms with Crippen molar-refractivity contribution in [3.63, 3.8) is 0 Å². The van der Waals surface area contributed by atoms with Crippen LogP contribution in [0, 0.1) is 6.92 Å². The molecular weight excluding hydrogens is 302 g/mol. The van der Waals surface area contributed by atoms with Crippen LogP contribution in [0.4, 0.5) is 4.79 Å². The molecule has 2 amide bonds. The SMILES string of the molecule is Cc1ccc(COc2ccc(Cl)cc2C=NNC(N)=O)cc1. The second kappa shape index (κ2) is 7.47. The van der Waals surface area contributed by atoms with Crippen molar-refractivity contribution in [1.29, 1.82) is 0 Å². The van der Waals surface area contributed by atoms with E-state index in [1.165, 1.54) is 11.8 Å². The molecule has 0 spiro atoms. The molecule has 0 aliphatic heterocycles. The summed E-state index contributed by atoms with van der Waals surface area (Å²) in [6.45, 7) is 2.45. The largest absolute Gasteiger partial charge is 0.488 e. The number of primary amides is 1. The van der Waals surface area contributed by atoms with E-state index in [4.69, 9.17) is 22.1 Å². The molecule has 3 N–H and O–H groups in total. The van der Waals surface area contributed by atoms with Crippen LogP contribution in [0.3, 0.4) is 0 Å². The van der Waals surface area contributed by atoms with Gasteiger partial charge in [0.2, 0.25) is 0 Å². The van der Waals surface area contributed by atoms with Crippen molar-refractivity contribution >= 4 is 23.8 Å². The van der Waals surface area contributed by atoms with E-state index in [1.807, 2.05) is 31.2 Å². The van der Waals surface area contributed by atoms with Crippen LogP contribution in [0.15, 0.2) is 47.6 Å². The third kappa shape index (κ3) is 4.79. The van der Waals surface area contributed by atoms with Crippen molar-refractivity contribution in [3.8, 4) is 5.75 Å². The zero-order valence-electron chi connectivity index (χ0n) is 12.0. The molecule has 0 radical (unpaired) electrons. The molecule has 0 heterocycles. The number of nitrogens with one attached hydrogen (secondary N) is 1. The van der Waals surface area contributed by atoms with Crippen LogP contribution in [0.2, 0.25) is 5.02 Å². The first-order chi connectivity index (χ1) is 10.5. The van der Waals surface area contributed by atoms with E-state index < -0.39 is 6.03 Å². The highest BCUT2D eigenvalue weighted by molar-refractivity contribution is 6.30. The molecule has 0 aliphatic carbocycles. The van der Waals surface area contributed by atoms with Gasteiger partial charge in [0.1, 0.15) is 12.4 Å². The number of ether oxygens (including phenoxy) is 1. The Labute approximate surface area is 133 Å². The Morgan fingerprint density at radius 1 is 1.32 bits per heavy atom. The molecule has 2 aromatic carbocycles. The number of benzene rings is 2. The van der Waals surface area contributed by atoms with Gasteiger partial charge in [-0.1, -0.05) is 41.4 Å². The lowest BCUT2D eigenvalue weighted by Crippen LogP contribution is -2.24. The number of amides is 2. The maximum atomic E-state index is 10.6. The Morgan fingerprint density at radius 2 is 2.05 bits per heavy atom. The van der Waals surface area contributed by atoms with E-state index in [9.17, 15) is 4.79 Å². The summed E-state index contributed by atoms with van der Waals surface area (Å²) < 4.78 is 5.78. The minimum absolute atomic E-state index is 0.423. The number of aryl methyl sites for hydroxylation is 1. The number of carbonyl (C=O) groups is 1. The van der Waals surface area contributed by atoms with Crippen molar-refractivity contribution in [1.82, 2.24) is 5.43 Å². The topological polar surface area (TPSA) is 76.7 Å². The Hall–Kier alpha value is -2.53. The number of urea groups is 1. The molecule has 0 atom stereocenters. The lowest BCUT2D eigenvalue weighted by Gasteiger charge is -2.10. The fourth-order valence-corrected chi connectivity index (χ4v) is 1.94. The summed E-state index contributed by atoms with van der Waals surface area (Å²) in [6, 6.07) is 12.5. The van der Waals surface area contributed by atoms with Gasteiger partial charge in [0, 0.05) is 10.6 Å². The van der Waals surface area contributed by atoms with Crippen LogP contribution >= 0.6 is 11.6 Å². The highest BCUT2D eigenvalue weighted by atomic mass is 35.5. The summed E-state index contributed by atoms with van der Waals surface area (Å²) in [7, 11) is 0. The summed E-state index contributed by atoms with van der Waals surface area (Å²) in [6.07, 6.45) is 1.43. The number of carbonyl (C=O) groups excluding carboxylic acids is 1. The average Bonchev–Trinajstić information content (AvgIpc) is 2.48. The molecule has 5 nitrogen and oxygen atoms in total. The summed E-state index contributed by atoms with van der Waals surface area (Å²) >= 11 is 5.96. The molecule has 0 saturated carbocycles. The van der Waals surface area contributed by atoms with E-state index >= 15 is 0 Å². The van der Waals surface area contributed by atoms with Gasteiger partial charge in [-0.15, -0.1) is 0 Å². The van der Waals surface area contributed by atoms with E-state index in [2.05, 4.69) is 10.5 Å². The fourth-order valence-electron chi connectivity index (χ4n) is 1.76. The number of halogens is 1. The summed E-state index contributed by atoms with van der Waals surface area (Å²) in [5.41, 5.74) is 9.98. The quantitative estimate of drug-likeness (QED) is 0.656. The van der Waals surface area contributed by atoms with Crippen molar-refractivity contribution in [2.24, 2.45) is 10.8 Å². The van der Waals surface area contributed by atoms with Crippen LogP contribution < -0.4 is 15.9 Å². The van der Waals surface area contributed by atoms with E-state index in [1.54, 1.807) is 18.2 Å². The zero-order chi connectivity index (χ0) is 15.9. The first-order valence-corrected chi connectivity index (χ1v) is 6.99. The van der Waals surface area contributed by atoms with Crippen LogP contribution in [-0.2, 0) is 6.61 Å². The molecule has 2 rings (SSSR count). The second-order valence-electron chi connectivity index (χ2n) is 4.69. The lowest BCUT2D eigenvalue weighted by molar-refractivity contribution is 0.249. The molecule has 0 aromatic heterocycles. The third-order valence-corrected chi connectivity index (χ3v) is 3.10. The van der Waals surface area contributed by atoms with Crippen LogP contribution in [0.5, 0.6) is 5.75 Å². The Bertz CT molecular complexity index is 684. The minimum atomic E-state index is -0.736. The van der Waals surface area contributed by atoms with Crippen LogP contribution in [0.1, 0.15) is 16.7 Å². The highest BCUT2D eigenvalue weighted by Gasteiger charge is 2.04. The molecule has 0 aliphatic rings. The molecular formula is C16H16ClN3O2. The smallest absolute Gasteiger partial charge is 0.332 e. The van der Waals surface area contributed by atoms with Gasteiger partial charge in [-0.25, -0.2) is 10.2 Å². The summed E-state index contributed by atoms with van der Waals surface area (Å²) in [5, 5.41) is 4.27. The number of nitrogens with two attached hydrogens (primary N) is 1. The predicted octanol–water partition coefficient (Wildman–Crippen LogP) is 3.23. The van der Waals surface area contributed by atoms with Crippen molar-refractivity contribution in [3.05, 3.63) is 64.2 Å². The van der Waals surface area contributed by atoms with Gasteiger partial charge in [0.25, 0.3) is 0 Å².